The van der Waals surface area contributed by atoms with E-state index in [4.69, 9.17) is 4.74 Å². The Morgan fingerprint density at radius 1 is 1.35 bits per heavy atom. The molecular formula is C18H29N3O2. The van der Waals surface area contributed by atoms with Crippen LogP contribution in [-0.4, -0.2) is 42.8 Å². The summed E-state index contributed by atoms with van der Waals surface area (Å²) in [6.07, 6.45) is 1.98. The van der Waals surface area contributed by atoms with Crippen molar-refractivity contribution in [1.82, 2.24) is 10.2 Å². The Hall–Kier alpha value is -1.75. The fourth-order valence-electron chi connectivity index (χ4n) is 2.64. The summed E-state index contributed by atoms with van der Waals surface area (Å²) in [5, 5.41) is 6.96. The summed E-state index contributed by atoms with van der Waals surface area (Å²) in [6.45, 7) is 8.31. The number of carbonyl (C=O) groups is 1. The molecule has 0 radical (unpaired) electrons. The summed E-state index contributed by atoms with van der Waals surface area (Å²) in [6, 6.07) is 8.79. The van der Waals surface area contributed by atoms with Gasteiger partial charge < -0.3 is 20.3 Å². The largest absolute Gasteiger partial charge is 0.444 e. The number of benzene rings is 1. The van der Waals surface area contributed by atoms with Crippen LogP contribution in [0.2, 0.25) is 0 Å². The van der Waals surface area contributed by atoms with Crippen LogP contribution in [0.5, 0.6) is 0 Å². The van der Waals surface area contributed by atoms with Gasteiger partial charge in [-0.3, -0.25) is 0 Å². The van der Waals surface area contributed by atoms with E-state index in [9.17, 15) is 4.79 Å². The van der Waals surface area contributed by atoms with Crippen molar-refractivity contribution >= 4 is 11.8 Å². The number of nitrogens with zero attached hydrogens (tertiary/aromatic N) is 1. The molecule has 23 heavy (non-hydrogen) atoms. The molecule has 2 rings (SSSR count). The molecule has 0 aromatic heterocycles. The number of hydrogen-bond donors (Lipinski definition) is 2. The molecule has 1 fully saturated rings. The first kappa shape index (κ1) is 17.6. The highest BCUT2D eigenvalue weighted by Gasteiger charge is 2.19. The van der Waals surface area contributed by atoms with Gasteiger partial charge in [0.15, 0.2) is 0 Å². The Kier molecular flexibility index (Phi) is 5.88. The van der Waals surface area contributed by atoms with E-state index in [1.165, 1.54) is 0 Å². The van der Waals surface area contributed by atoms with Gasteiger partial charge in [-0.2, -0.15) is 0 Å². The van der Waals surface area contributed by atoms with E-state index < -0.39 is 5.60 Å². The zero-order valence-electron chi connectivity index (χ0n) is 14.7. The highest BCUT2D eigenvalue weighted by molar-refractivity contribution is 5.67. The van der Waals surface area contributed by atoms with Crippen molar-refractivity contribution in [3.8, 4) is 0 Å². The Morgan fingerprint density at radius 2 is 2.04 bits per heavy atom. The number of nitrogens with one attached hydrogen (secondary N) is 2. The fraction of sp³-hybridized carbons (Fsp3) is 0.611. The normalized spacial score (nSPS) is 16.0. The van der Waals surface area contributed by atoms with E-state index in [1.54, 1.807) is 11.9 Å². The van der Waals surface area contributed by atoms with Crippen LogP contribution in [0.3, 0.4) is 0 Å². The van der Waals surface area contributed by atoms with Crippen molar-refractivity contribution in [2.75, 3.05) is 25.5 Å². The van der Waals surface area contributed by atoms with Crippen molar-refractivity contribution in [1.29, 1.82) is 0 Å². The van der Waals surface area contributed by atoms with Crippen LogP contribution in [0.15, 0.2) is 24.3 Å². The number of amides is 1. The number of rotatable bonds is 4. The third kappa shape index (κ3) is 6.10. The molecule has 0 bridgehead atoms. The Balaban J connectivity index is 1.92. The van der Waals surface area contributed by atoms with Gasteiger partial charge in [0.2, 0.25) is 0 Å². The molecular weight excluding hydrogens is 290 g/mol. The van der Waals surface area contributed by atoms with Crippen molar-refractivity contribution in [3.63, 3.8) is 0 Å². The van der Waals surface area contributed by atoms with E-state index in [0.717, 1.165) is 37.2 Å². The van der Waals surface area contributed by atoms with Gasteiger partial charge in [0, 0.05) is 25.3 Å². The summed E-state index contributed by atoms with van der Waals surface area (Å²) < 4.78 is 5.39. The first-order valence-electron chi connectivity index (χ1n) is 8.34. The molecule has 0 saturated carbocycles. The van der Waals surface area contributed by atoms with E-state index in [1.807, 2.05) is 32.9 Å². The lowest BCUT2D eigenvalue weighted by Crippen LogP contribution is -2.35. The van der Waals surface area contributed by atoms with Crippen molar-refractivity contribution in [3.05, 3.63) is 29.8 Å². The van der Waals surface area contributed by atoms with Gasteiger partial charge in [0.1, 0.15) is 5.60 Å². The molecule has 0 atom stereocenters. The molecule has 1 aliphatic rings. The van der Waals surface area contributed by atoms with Gasteiger partial charge in [-0.1, -0.05) is 12.1 Å². The first-order valence-corrected chi connectivity index (χ1v) is 8.34. The van der Waals surface area contributed by atoms with Gasteiger partial charge in [-0.15, -0.1) is 0 Å². The third-order valence-electron chi connectivity index (χ3n) is 3.76. The minimum absolute atomic E-state index is 0.297. The molecule has 1 amide bonds. The summed E-state index contributed by atoms with van der Waals surface area (Å²) in [5.74, 6) is 0. The second-order valence-electron chi connectivity index (χ2n) is 7.21. The van der Waals surface area contributed by atoms with E-state index in [-0.39, 0.29) is 6.09 Å². The molecule has 5 heteroatoms. The summed E-state index contributed by atoms with van der Waals surface area (Å²) in [7, 11) is 1.76. The minimum Gasteiger partial charge on any atom is -0.444 e. The molecule has 5 nitrogen and oxygen atoms in total. The van der Waals surface area contributed by atoms with Crippen molar-refractivity contribution < 1.29 is 9.53 Å². The molecule has 0 unspecified atom stereocenters. The highest BCUT2D eigenvalue weighted by atomic mass is 16.6. The average Bonchev–Trinajstić information content (AvgIpc) is 2.47. The van der Waals surface area contributed by atoms with Crippen molar-refractivity contribution in [2.45, 2.75) is 51.8 Å². The lowest BCUT2D eigenvalue weighted by Gasteiger charge is -2.26. The quantitative estimate of drug-likeness (QED) is 0.895. The molecule has 1 heterocycles. The number of ether oxygens (including phenoxy) is 1. The number of anilines is 1. The summed E-state index contributed by atoms with van der Waals surface area (Å²) >= 11 is 0. The van der Waals surface area contributed by atoms with Crippen molar-refractivity contribution in [2.24, 2.45) is 0 Å². The zero-order chi connectivity index (χ0) is 16.9. The predicted molar refractivity (Wildman–Crippen MR) is 93.7 cm³/mol. The highest BCUT2D eigenvalue weighted by Crippen LogP contribution is 2.17. The van der Waals surface area contributed by atoms with Crippen LogP contribution in [0, 0.1) is 0 Å². The summed E-state index contributed by atoms with van der Waals surface area (Å²) in [5.41, 5.74) is 1.74. The van der Waals surface area contributed by atoms with Crippen LogP contribution in [-0.2, 0) is 11.3 Å². The van der Waals surface area contributed by atoms with Gasteiger partial charge in [0.25, 0.3) is 0 Å². The molecule has 1 saturated heterocycles. The Labute approximate surface area is 139 Å². The van der Waals surface area contributed by atoms with Crippen LogP contribution in [0.4, 0.5) is 10.5 Å². The zero-order valence-corrected chi connectivity index (χ0v) is 14.7. The smallest absolute Gasteiger partial charge is 0.410 e. The van der Waals surface area contributed by atoms with Gasteiger partial charge in [-0.05, 0) is 64.4 Å². The lowest BCUT2D eigenvalue weighted by atomic mass is 10.1. The predicted octanol–water partition coefficient (Wildman–Crippen LogP) is 3.22. The molecule has 2 N–H and O–H groups in total. The van der Waals surface area contributed by atoms with Gasteiger partial charge >= 0.3 is 6.09 Å². The van der Waals surface area contributed by atoms with Crippen LogP contribution < -0.4 is 10.6 Å². The lowest BCUT2D eigenvalue weighted by molar-refractivity contribution is 0.0285. The third-order valence-corrected chi connectivity index (χ3v) is 3.76. The Morgan fingerprint density at radius 3 is 2.70 bits per heavy atom. The maximum Gasteiger partial charge on any atom is 0.410 e. The number of piperidine rings is 1. The maximum atomic E-state index is 12.0. The van der Waals surface area contributed by atoms with Crippen LogP contribution in [0.1, 0.15) is 39.2 Å². The van der Waals surface area contributed by atoms with Gasteiger partial charge in [0.05, 0.1) is 0 Å². The van der Waals surface area contributed by atoms with Crippen LogP contribution in [0.25, 0.3) is 0 Å². The molecule has 0 spiro atoms. The SMILES string of the molecule is CN(Cc1cccc(NC2CCNCC2)c1)C(=O)OC(C)(C)C. The topological polar surface area (TPSA) is 53.6 Å². The number of hydrogen-bond acceptors (Lipinski definition) is 4. The molecule has 0 aliphatic carbocycles. The monoisotopic (exact) mass is 319 g/mol. The van der Waals surface area contributed by atoms with E-state index >= 15 is 0 Å². The van der Waals surface area contributed by atoms with Gasteiger partial charge in [-0.25, -0.2) is 4.79 Å². The second kappa shape index (κ2) is 7.68. The standard InChI is InChI=1S/C18H29N3O2/c1-18(2,3)23-17(22)21(4)13-14-6-5-7-16(12-14)20-15-8-10-19-11-9-15/h5-7,12,15,19-20H,8-11,13H2,1-4H3. The molecule has 128 valence electrons. The minimum atomic E-state index is -0.468. The number of carbonyl (C=O) groups excluding carboxylic acids is 1. The Bertz CT molecular complexity index is 519. The fourth-order valence-corrected chi connectivity index (χ4v) is 2.64. The van der Waals surface area contributed by atoms with Crippen LogP contribution >= 0.6 is 0 Å². The van der Waals surface area contributed by atoms with E-state index in [0.29, 0.717) is 12.6 Å². The molecule has 1 aliphatic heterocycles. The maximum absolute atomic E-state index is 12.0. The van der Waals surface area contributed by atoms with E-state index in [2.05, 4.69) is 22.8 Å². The average molecular weight is 319 g/mol. The molecule has 1 aromatic carbocycles. The molecule has 1 aromatic rings. The summed E-state index contributed by atoms with van der Waals surface area (Å²) in [4.78, 5) is 13.7. The first-order chi connectivity index (χ1) is 10.8. The second-order valence-corrected chi connectivity index (χ2v) is 7.21.